The molecule has 25 heteroatoms. The highest BCUT2D eigenvalue weighted by atomic mass is 35.7. The Labute approximate surface area is 465 Å². The number of carbonyl (C=O) groups excluding carboxylic acids is 2. The maximum atomic E-state index is 12.9. The molecule has 2 aliphatic rings. The first-order chi connectivity index (χ1) is 36.4. The lowest BCUT2D eigenvalue weighted by Crippen LogP contribution is -2.39. The number of sulfone groups is 2. The number of nitrogens with one attached hydrogen (secondary N) is 3. The normalized spacial score (nSPS) is 14.6. The minimum atomic E-state index is -3.55. The molecule has 0 saturated carbocycles. The van der Waals surface area contributed by atoms with Crippen LogP contribution < -0.4 is 30.9 Å². The molecule has 8 rings (SSSR count). The number of nitrogens with two attached hydrogens (primary N) is 1. The summed E-state index contributed by atoms with van der Waals surface area (Å²) in [6, 6.07) is 33.7. The number of pyridine rings is 2. The lowest BCUT2D eigenvalue weighted by atomic mass is 9.97. The molecule has 0 atom stereocenters. The van der Waals surface area contributed by atoms with Gasteiger partial charge in [-0.2, -0.15) is 0 Å². The van der Waals surface area contributed by atoms with Crippen LogP contribution in [0.15, 0.2) is 144 Å². The first-order valence-electron chi connectivity index (χ1n) is 24.1. The molecule has 5 N–H and O–H groups in total. The van der Waals surface area contributed by atoms with Crippen LogP contribution in [0.4, 0.5) is 23.0 Å². The molecule has 2 fully saturated rings. The van der Waals surface area contributed by atoms with Gasteiger partial charge in [-0.15, -0.1) is 0 Å². The molecule has 2 saturated heterocycles. The van der Waals surface area contributed by atoms with E-state index in [0.717, 1.165) is 44.0 Å². The summed E-state index contributed by atoms with van der Waals surface area (Å²) in [6.07, 6.45) is 8.05. The number of sulfonamides is 1. The van der Waals surface area contributed by atoms with E-state index >= 15 is 0 Å². The molecule has 4 heterocycles. The fourth-order valence-corrected chi connectivity index (χ4v) is 11.9. The summed E-state index contributed by atoms with van der Waals surface area (Å²) in [5.74, 6) is 0.618. The van der Waals surface area contributed by atoms with E-state index < -0.39 is 44.7 Å². The highest BCUT2D eigenvalue weighted by molar-refractivity contribution is 8.13. The van der Waals surface area contributed by atoms with Crippen LogP contribution in [0.1, 0.15) is 57.5 Å². The molecule has 2 aliphatic heterocycles. The molecule has 0 aliphatic carbocycles. The topological polar surface area (TPSA) is 265 Å². The van der Waals surface area contributed by atoms with Crippen molar-refractivity contribution in [3.8, 4) is 0 Å². The van der Waals surface area contributed by atoms with Crippen LogP contribution in [-0.2, 0) is 50.3 Å². The Morgan fingerprint density at radius 2 is 0.974 bits per heavy atom. The zero-order chi connectivity index (χ0) is 56.0. The predicted octanol–water partition coefficient (Wildman–Crippen LogP) is 8.05. The summed E-state index contributed by atoms with van der Waals surface area (Å²) >= 11 is 12.0. The Morgan fingerprint density at radius 1 is 0.571 bits per heavy atom. The van der Waals surface area contributed by atoms with E-state index in [1.165, 1.54) is 30.6 Å². The van der Waals surface area contributed by atoms with Gasteiger partial charge in [-0.05, 0) is 104 Å². The highest BCUT2D eigenvalue weighted by Crippen LogP contribution is 2.32. The van der Waals surface area contributed by atoms with Gasteiger partial charge in [-0.1, -0.05) is 96.0 Å². The minimum Gasteiger partial charge on any atom is -0.355 e. The van der Waals surface area contributed by atoms with Crippen molar-refractivity contribution < 1.29 is 43.3 Å². The molecule has 77 heavy (non-hydrogen) atoms. The van der Waals surface area contributed by atoms with E-state index in [1.54, 1.807) is 78.9 Å². The standard InChI is InChI=1S/C26H29ClN4O5S2.C19H23ClN4O3S.C7H7ClO2S/c1-37(33,34)23-15-24(30-26(32)21-8-5-9-22(27)14-21)25(28-17-23)31-12-10-19(11-13-31)16-29-38(35,36)18-20-6-3-2-4-7-20;1-28(26,27)16-10-17(23-19(25)14-3-2-4-15(20)9-14)18(22-12-16)24-7-5-13(11-21)6-8-24;8-11(9,10)6-7-4-2-1-3-5-7/h2-9,14-15,17,19,29H,10-13,16,18H2,1H3,(H,30,32);2-4,9-10,12-13H,5-8,11,21H2,1H3,(H,23,25);1-5H,6H2. The van der Waals surface area contributed by atoms with Crippen molar-refractivity contribution in [3.63, 3.8) is 0 Å². The third kappa shape index (κ3) is 19.3. The lowest BCUT2D eigenvalue weighted by molar-refractivity contribution is 0.101. The summed E-state index contributed by atoms with van der Waals surface area (Å²) in [7, 11) is -8.84. The van der Waals surface area contributed by atoms with Gasteiger partial charge in [0.05, 0.1) is 32.7 Å². The van der Waals surface area contributed by atoms with Crippen molar-refractivity contribution >= 4 is 107 Å². The molecule has 4 aromatic carbocycles. The second-order valence-electron chi connectivity index (χ2n) is 18.4. The van der Waals surface area contributed by atoms with E-state index in [1.807, 2.05) is 34.1 Å². The fraction of sp³-hybridized carbons (Fsp3) is 0.308. The average Bonchev–Trinajstić information content (AvgIpc) is 3.38. The molecular formula is C52H59Cl3N8O10S4. The molecule has 2 aromatic heterocycles. The summed E-state index contributed by atoms with van der Waals surface area (Å²) in [5, 5.41) is 6.43. The van der Waals surface area contributed by atoms with E-state index in [9.17, 15) is 43.3 Å². The van der Waals surface area contributed by atoms with Crippen LogP contribution >= 0.6 is 33.9 Å². The first-order valence-corrected chi connectivity index (χ1v) is 32.7. The van der Waals surface area contributed by atoms with Crippen molar-refractivity contribution in [2.45, 2.75) is 47.0 Å². The van der Waals surface area contributed by atoms with Crippen LogP contribution in [-0.4, -0.2) is 107 Å². The number of aromatic nitrogens is 2. The van der Waals surface area contributed by atoms with Crippen molar-refractivity contribution in [2.24, 2.45) is 17.6 Å². The average molecular weight is 1190 g/mol. The molecule has 0 unspecified atom stereocenters. The van der Waals surface area contributed by atoms with Gasteiger partial charge in [-0.25, -0.2) is 48.4 Å². The van der Waals surface area contributed by atoms with Crippen molar-refractivity contribution in [2.75, 3.05) is 72.2 Å². The third-order valence-corrected chi connectivity index (χ3v) is 17.3. The van der Waals surface area contributed by atoms with Gasteiger partial charge in [0.25, 0.3) is 11.8 Å². The summed E-state index contributed by atoms with van der Waals surface area (Å²) in [4.78, 5) is 38.4. The number of amides is 2. The second kappa shape index (κ2) is 27.3. The monoisotopic (exact) mass is 1190 g/mol. The second-order valence-corrected chi connectivity index (χ2v) is 27.9. The number of anilines is 4. The Balaban J connectivity index is 0.000000214. The maximum absolute atomic E-state index is 12.9. The highest BCUT2D eigenvalue weighted by Gasteiger charge is 2.27. The SMILES string of the molecule is CS(=O)(=O)c1cnc(N2CCC(CN)CC2)c(NC(=O)c2cccc(Cl)c2)c1.CS(=O)(=O)c1cnc(N2CCC(CNS(=O)(=O)Cc3ccccc3)CC2)c(NC(=O)c2cccc(Cl)c2)c1.O=S(=O)(Cl)Cc1ccccc1. The number of nitrogens with zero attached hydrogens (tertiary/aromatic N) is 4. The van der Waals surface area contributed by atoms with Gasteiger partial charge in [-0.3, -0.25) is 9.59 Å². The van der Waals surface area contributed by atoms with Crippen molar-refractivity contribution in [1.29, 1.82) is 0 Å². The zero-order valence-electron chi connectivity index (χ0n) is 42.1. The Hall–Kier alpha value is -5.69. The van der Waals surface area contributed by atoms with Crippen LogP contribution in [0, 0.1) is 11.8 Å². The summed E-state index contributed by atoms with van der Waals surface area (Å²) < 4.78 is 97.1. The van der Waals surface area contributed by atoms with Crippen LogP contribution in [0.2, 0.25) is 10.0 Å². The van der Waals surface area contributed by atoms with Gasteiger partial charge in [0.2, 0.25) is 19.1 Å². The first kappa shape index (κ1) is 60.5. The number of hydrogen-bond donors (Lipinski definition) is 4. The number of rotatable bonds is 16. The Kier molecular flexibility index (Phi) is 21.4. The number of benzene rings is 4. The molecule has 0 spiro atoms. The largest absolute Gasteiger partial charge is 0.355 e. The van der Waals surface area contributed by atoms with Crippen molar-refractivity contribution in [1.82, 2.24) is 14.7 Å². The fourth-order valence-electron chi connectivity index (χ4n) is 8.21. The Bertz CT molecular complexity index is 3460. The van der Waals surface area contributed by atoms with Gasteiger partial charge in [0, 0.05) is 89.5 Å². The van der Waals surface area contributed by atoms with E-state index in [4.69, 9.17) is 39.6 Å². The van der Waals surface area contributed by atoms with Crippen LogP contribution in [0.25, 0.3) is 0 Å². The smallest absolute Gasteiger partial charge is 0.255 e. The number of carbonyl (C=O) groups is 2. The Morgan fingerprint density at radius 3 is 1.35 bits per heavy atom. The molecule has 0 radical (unpaired) electrons. The van der Waals surface area contributed by atoms with Gasteiger partial charge in [0.1, 0.15) is 0 Å². The third-order valence-electron chi connectivity index (χ3n) is 12.3. The molecule has 2 amide bonds. The van der Waals surface area contributed by atoms with E-state index in [-0.39, 0.29) is 38.8 Å². The van der Waals surface area contributed by atoms with Gasteiger partial charge < -0.3 is 26.2 Å². The van der Waals surface area contributed by atoms with Crippen LogP contribution in [0.5, 0.6) is 0 Å². The van der Waals surface area contributed by atoms with Crippen molar-refractivity contribution in [3.05, 3.63) is 166 Å². The molecule has 412 valence electrons. The van der Waals surface area contributed by atoms with E-state index in [0.29, 0.717) is 89.0 Å². The quantitative estimate of drug-likeness (QED) is 0.0668. The molecule has 6 aromatic rings. The van der Waals surface area contributed by atoms with Gasteiger partial charge in [0.15, 0.2) is 31.3 Å². The van der Waals surface area contributed by atoms with Crippen LogP contribution in [0.3, 0.4) is 0 Å². The zero-order valence-corrected chi connectivity index (χ0v) is 47.6. The predicted molar refractivity (Wildman–Crippen MR) is 304 cm³/mol. The lowest BCUT2D eigenvalue weighted by Gasteiger charge is -2.34. The summed E-state index contributed by atoms with van der Waals surface area (Å²) in [5.41, 5.74) is 8.54. The van der Waals surface area contributed by atoms with E-state index in [2.05, 4.69) is 25.3 Å². The molecular weight excluding hydrogens is 1130 g/mol. The number of halogens is 3. The minimum absolute atomic E-state index is 0.00893. The maximum Gasteiger partial charge on any atom is 0.255 e. The number of piperidine rings is 2. The number of hydrogen-bond acceptors (Lipinski definition) is 15. The summed E-state index contributed by atoms with van der Waals surface area (Å²) in [6.45, 7) is 3.60. The molecule has 0 bridgehead atoms. The molecule has 18 nitrogen and oxygen atoms in total. The van der Waals surface area contributed by atoms with Gasteiger partial charge >= 0.3 is 0 Å².